The number of nitrogens with one attached hydrogen (secondary N) is 1. The molecular weight excluding hydrogens is 286 g/mol. The minimum Gasteiger partial charge on any atom is -0.381 e. The lowest BCUT2D eigenvalue weighted by Crippen LogP contribution is -2.38. The SMILES string of the molecule is CC(NC(=O)c1cc([N+](=O)[O-])cnc1Cl)C1CCOC1. The third-order valence-electron chi connectivity index (χ3n) is 3.31. The van der Waals surface area contributed by atoms with Crippen molar-refractivity contribution >= 4 is 23.2 Å². The number of amides is 1. The highest BCUT2D eigenvalue weighted by Gasteiger charge is 2.25. The van der Waals surface area contributed by atoms with E-state index < -0.39 is 10.8 Å². The van der Waals surface area contributed by atoms with Crippen molar-refractivity contribution in [2.24, 2.45) is 5.92 Å². The summed E-state index contributed by atoms with van der Waals surface area (Å²) in [6.07, 6.45) is 1.90. The Morgan fingerprint density at radius 3 is 3.05 bits per heavy atom. The zero-order valence-corrected chi connectivity index (χ0v) is 11.6. The van der Waals surface area contributed by atoms with Gasteiger partial charge in [0.05, 0.1) is 17.1 Å². The van der Waals surface area contributed by atoms with Gasteiger partial charge in [-0.05, 0) is 13.3 Å². The summed E-state index contributed by atoms with van der Waals surface area (Å²) in [6, 6.07) is 1.03. The van der Waals surface area contributed by atoms with Crippen LogP contribution in [0.25, 0.3) is 0 Å². The van der Waals surface area contributed by atoms with Crippen molar-refractivity contribution in [2.75, 3.05) is 13.2 Å². The van der Waals surface area contributed by atoms with Gasteiger partial charge in [0.25, 0.3) is 11.6 Å². The van der Waals surface area contributed by atoms with Crippen LogP contribution in [0.5, 0.6) is 0 Å². The van der Waals surface area contributed by atoms with Crippen LogP contribution in [0, 0.1) is 16.0 Å². The Bertz CT molecular complexity index is 531. The lowest BCUT2D eigenvalue weighted by atomic mass is 10.0. The molecule has 1 aliphatic heterocycles. The second kappa shape index (κ2) is 6.15. The Morgan fingerprint density at radius 1 is 1.70 bits per heavy atom. The van der Waals surface area contributed by atoms with Crippen molar-refractivity contribution in [1.29, 1.82) is 0 Å². The first-order chi connectivity index (χ1) is 9.49. The molecule has 2 unspecified atom stereocenters. The number of hydrogen-bond acceptors (Lipinski definition) is 5. The number of carbonyl (C=O) groups excluding carboxylic acids is 1. The van der Waals surface area contributed by atoms with Crippen LogP contribution in [0.2, 0.25) is 5.15 Å². The molecule has 0 bridgehead atoms. The van der Waals surface area contributed by atoms with Crippen molar-refractivity contribution in [3.05, 3.63) is 33.1 Å². The lowest BCUT2D eigenvalue weighted by molar-refractivity contribution is -0.385. The highest BCUT2D eigenvalue weighted by molar-refractivity contribution is 6.32. The summed E-state index contributed by atoms with van der Waals surface area (Å²) in [7, 11) is 0. The maximum atomic E-state index is 12.1. The molecule has 1 amide bonds. The largest absolute Gasteiger partial charge is 0.381 e. The first kappa shape index (κ1) is 14.7. The minimum atomic E-state index is -0.617. The number of rotatable bonds is 4. The van der Waals surface area contributed by atoms with Gasteiger partial charge in [-0.15, -0.1) is 0 Å². The number of ether oxygens (including phenoxy) is 1. The average molecular weight is 300 g/mol. The van der Waals surface area contributed by atoms with E-state index in [1.165, 1.54) is 0 Å². The first-order valence-corrected chi connectivity index (χ1v) is 6.55. The number of nitro groups is 1. The van der Waals surface area contributed by atoms with Crippen molar-refractivity contribution < 1.29 is 14.5 Å². The number of hydrogen-bond donors (Lipinski definition) is 1. The molecule has 7 nitrogen and oxygen atoms in total. The van der Waals surface area contributed by atoms with Gasteiger partial charge in [-0.2, -0.15) is 0 Å². The van der Waals surface area contributed by atoms with E-state index in [1.807, 2.05) is 6.92 Å². The van der Waals surface area contributed by atoms with Crippen molar-refractivity contribution in [3.8, 4) is 0 Å². The highest BCUT2D eigenvalue weighted by Crippen LogP contribution is 2.21. The normalized spacial score (nSPS) is 19.6. The number of aromatic nitrogens is 1. The van der Waals surface area contributed by atoms with E-state index in [1.54, 1.807) is 0 Å². The molecule has 2 heterocycles. The maximum Gasteiger partial charge on any atom is 0.288 e. The molecule has 1 aromatic heterocycles. The van der Waals surface area contributed by atoms with E-state index in [-0.39, 0.29) is 28.4 Å². The van der Waals surface area contributed by atoms with Crippen LogP contribution in [0.15, 0.2) is 12.3 Å². The van der Waals surface area contributed by atoms with E-state index in [9.17, 15) is 14.9 Å². The molecule has 108 valence electrons. The number of pyridine rings is 1. The minimum absolute atomic E-state index is 0.00614. The molecule has 8 heteroatoms. The Balaban J connectivity index is 2.11. The van der Waals surface area contributed by atoms with E-state index >= 15 is 0 Å². The van der Waals surface area contributed by atoms with E-state index in [0.29, 0.717) is 13.2 Å². The molecule has 2 rings (SSSR count). The van der Waals surface area contributed by atoms with Gasteiger partial charge in [-0.1, -0.05) is 11.6 Å². The Morgan fingerprint density at radius 2 is 2.45 bits per heavy atom. The van der Waals surface area contributed by atoms with Gasteiger partial charge >= 0.3 is 0 Å². The topological polar surface area (TPSA) is 94.4 Å². The molecule has 1 fully saturated rings. The number of carbonyl (C=O) groups is 1. The molecule has 2 atom stereocenters. The molecule has 1 aromatic rings. The van der Waals surface area contributed by atoms with Crippen LogP contribution < -0.4 is 5.32 Å². The Labute approximate surface area is 120 Å². The lowest BCUT2D eigenvalue weighted by Gasteiger charge is -2.19. The first-order valence-electron chi connectivity index (χ1n) is 6.17. The fourth-order valence-corrected chi connectivity index (χ4v) is 2.23. The summed E-state index contributed by atoms with van der Waals surface area (Å²) in [6.45, 7) is 3.16. The predicted octanol–water partition coefficient (Wildman–Crippen LogP) is 1.80. The molecule has 0 radical (unpaired) electrons. The zero-order chi connectivity index (χ0) is 14.7. The molecule has 1 aliphatic rings. The quantitative estimate of drug-likeness (QED) is 0.519. The standard InChI is InChI=1S/C12H14ClN3O4/c1-7(8-2-3-20-6-8)15-12(17)10-4-9(16(18)19)5-14-11(10)13/h4-5,7-8H,2-3,6H2,1H3,(H,15,17). The van der Waals surface area contributed by atoms with Gasteiger partial charge in [0, 0.05) is 24.6 Å². The fraction of sp³-hybridized carbons (Fsp3) is 0.500. The smallest absolute Gasteiger partial charge is 0.288 e. The van der Waals surface area contributed by atoms with E-state index in [4.69, 9.17) is 16.3 Å². The fourth-order valence-electron chi connectivity index (χ4n) is 2.05. The second-order valence-electron chi connectivity index (χ2n) is 4.67. The van der Waals surface area contributed by atoms with E-state index in [0.717, 1.165) is 18.7 Å². The van der Waals surface area contributed by atoms with Gasteiger partial charge in [0.15, 0.2) is 0 Å². The van der Waals surface area contributed by atoms with Crippen LogP contribution in [-0.4, -0.2) is 35.1 Å². The Kier molecular flexibility index (Phi) is 4.51. The molecule has 1 N–H and O–H groups in total. The predicted molar refractivity (Wildman–Crippen MR) is 71.8 cm³/mol. The summed E-state index contributed by atoms with van der Waals surface area (Å²) in [5.74, 6) is -0.227. The number of nitrogens with zero attached hydrogens (tertiary/aromatic N) is 2. The van der Waals surface area contributed by atoms with Crippen LogP contribution in [0.4, 0.5) is 5.69 Å². The molecule has 0 aliphatic carbocycles. The van der Waals surface area contributed by atoms with Crippen LogP contribution in [0.3, 0.4) is 0 Å². The summed E-state index contributed by atoms with van der Waals surface area (Å²) in [4.78, 5) is 25.8. The van der Waals surface area contributed by atoms with Gasteiger partial charge in [0.2, 0.25) is 0 Å². The summed E-state index contributed by atoms with van der Waals surface area (Å²) in [5.41, 5.74) is -0.261. The van der Waals surface area contributed by atoms with Crippen molar-refractivity contribution in [3.63, 3.8) is 0 Å². The third kappa shape index (κ3) is 3.23. The van der Waals surface area contributed by atoms with E-state index in [2.05, 4.69) is 10.3 Å². The van der Waals surface area contributed by atoms with Crippen molar-refractivity contribution in [1.82, 2.24) is 10.3 Å². The summed E-state index contributed by atoms with van der Waals surface area (Å²) >= 11 is 5.82. The summed E-state index contributed by atoms with van der Waals surface area (Å²) in [5, 5.41) is 13.4. The summed E-state index contributed by atoms with van der Waals surface area (Å²) < 4.78 is 5.26. The molecule has 0 aromatic carbocycles. The maximum absolute atomic E-state index is 12.1. The van der Waals surface area contributed by atoms with Crippen LogP contribution in [0.1, 0.15) is 23.7 Å². The second-order valence-corrected chi connectivity index (χ2v) is 5.03. The highest BCUT2D eigenvalue weighted by atomic mass is 35.5. The third-order valence-corrected chi connectivity index (χ3v) is 3.61. The van der Waals surface area contributed by atoms with Gasteiger partial charge in [-0.25, -0.2) is 4.98 Å². The van der Waals surface area contributed by atoms with Gasteiger partial charge in [0.1, 0.15) is 11.3 Å². The zero-order valence-electron chi connectivity index (χ0n) is 10.8. The Hall–Kier alpha value is -1.73. The van der Waals surface area contributed by atoms with Crippen LogP contribution in [-0.2, 0) is 4.74 Å². The van der Waals surface area contributed by atoms with Gasteiger partial charge < -0.3 is 10.1 Å². The molecule has 1 saturated heterocycles. The molecule has 0 spiro atoms. The van der Waals surface area contributed by atoms with Crippen LogP contribution >= 0.6 is 11.6 Å². The molecular formula is C12H14ClN3O4. The molecule has 20 heavy (non-hydrogen) atoms. The van der Waals surface area contributed by atoms with Crippen molar-refractivity contribution in [2.45, 2.75) is 19.4 Å². The monoisotopic (exact) mass is 299 g/mol. The molecule has 0 saturated carbocycles. The van der Waals surface area contributed by atoms with Gasteiger partial charge in [-0.3, -0.25) is 14.9 Å². The average Bonchev–Trinajstić information content (AvgIpc) is 2.92. The number of halogens is 1.